The first-order valence-electron chi connectivity index (χ1n) is 8.06. The minimum atomic E-state index is 0.288. The number of hydrogen-bond donors (Lipinski definition) is 1. The fourth-order valence-electron chi connectivity index (χ4n) is 2.81. The number of phenolic OH excluding ortho intramolecular Hbond substituents is 1. The summed E-state index contributed by atoms with van der Waals surface area (Å²) in [5, 5.41) is 16.2. The van der Waals surface area contributed by atoms with Gasteiger partial charge in [0.15, 0.2) is 0 Å². The molecular weight excluding hydrogens is 286 g/mol. The zero-order valence-corrected chi connectivity index (χ0v) is 13.5. The highest BCUT2D eigenvalue weighted by Crippen LogP contribution is 2.12. The van der Waals surface area contributed by atoms with Gasteiger partial charge in [0.05, 0.1) is 5.71 Å². The van der Waals surface area contributed by atoms with Crippen molar-refractivity contribution < 1.29 is 5.11 Å². The van der Waals surface area contributed by atoms with Crippen LogP contribution in [0, 0.1) is 0 Å². The van der Waals surface area contributed by atoms with Gasteiger partial charge in [0.2, 0.25) is 0 Å². The molecule has 0 radical (unpaired) electrons. The zero-order chi connectivity index (χ0) is 16.1. The second kappa shape index (κ2) is 7.29. The van der Waals surface area contributed by atoms with E-state index in [2.05, 4.69) is 40.2 Å². The Morgan fingerprint density at radius 2 is 1.61 bits per heavy atom. The van der Waals surface area contributed by atoms with Gasteiger partial charge in [-0.1, -0.05) is 30.3 Å². The first kappa shape index (κ1) is 15.6. The second-order valence-electron chi connectivity index (χ2n) is 5.95. The third-order valence-electron chi connectivity index (χ3n) is 4.17. The van der Waals surface area contributed by atoms with Crippen LogP contribution in [0.3, 0.4) is 0 Å². The Hall–Kier alpha value is -2.33. The Kier molecular flexibility index (Phi) is 4.93. The number of rotatable bonds is 4. The summed E-state index contributed by atoms with van der Waals surface area (Å²) in [7, 11) is 0. The topological polar surface area (TPSA) is 39.1 Å². The minimum Gasteiger partial charge on any atom is -0.508 e. The molecule has 3 rings (SSSR count). The summed E-state index contributed by atoms with van der Waals surface area (Å²) in [6, 6.07) is 17.8. The Balaban J connectivity index is 1.54. The van der Waals surface area contributed by atoms with Gasteiger partial charge < -0.3 is 5.11 Å². The molecule has 1 heterocycles. The fraction of sp³-hybridized carbons (Fsp3) is 0.316. The third-order valence-corrected chi connectivity index (χ3v) is 4.17. The molecule has 120 valence electrons. The average molecular weight is 309 g/mol. The van der Waals surface area contributed by atoms with Crippen LogP contribution in [0.15, 0.2) is 59.7 Å². The van der Waals surface area contributed by atoms with Crippen LogP contribution in [-0.4, -0.2) is 46.9 Å². The Morgan fingerprint density at radius 3 is 2.26 bits per heavy atom. The molecule has 4 heteroatoms. The Morgan fingerprint density at radius 1 is 0.957 bits per heavy atom. The summed E-state index contributed by atoms with van der Waals surface area (Å²) in [4.78, 5) is 2.47. The molecule has 0 saturated carbocycles. The van der Waals surface area contributed by atoms with Crippen LogP contribution in [0.25, 0.3) is 0 Å². The van der Waals surface area contributed by atoms with Crippen molar-refractivity contribution in [1.82, 2.24) is 9.91 Å². The van der Waals surface area contributed by atoms with Crippen LogP contribution in [0.1, 0.15) is 18.1 Å². The lowest BCUT2D eigenvalue weighted by molar-refractivity contribution is 0.130. The SMILES string of the molecule is CC(=NN1CCN(Cc2ccccc2)CC1)c1ccc(O)cc1. The lowest BCUT2D eigenvalue weighted by atomic mass is 10.1. The molecule has 1 N–H and O–H groups in total. The van der Waals surface area contributed by atoms with Crippen molar-refractivity contribution >= 4 is 5.71 Å². The number of nitrogens with zero attached hydrogens (tertiary/aromatic N) is 3. The molecule has 2 aromatic rings. The first-order chi connectivity index (χ1) is 11.2. The van der Waals surface area contributed by atoms with Crippen LogP contribution in [0.2, 0.25) is 0 Å². The van der Waals surface area contributed by atoms with E-state index in [1.807, 2.05) is 19.1 Å². The number of aromatic hydroxyl groups is 1. The van der Waals surface area contributed by atoms with E-state index in [9.17, 15) is 5.11 Å². The highest BCUT2D eigenvalue weighted by molar-refractivity contribution is 5.98. The molecule has 1 aliphatic heterocycles. The first-order valence-corrected chi connectivity index (χ1v) is 8.06. The van der Waals surface area contributed by atoms with Gasteiger partial charge in [0, 0.05) is 32.7 Å². The number of hydrazone groups is 1. The van der Waals surface area contributed by atoms with Crippen molar-refractivity contribution in [2.45, 2.75) is 13.5 Å². The van der Waals surface area contributed by atoms with Gasteiger partial charge in [-0.2, -0.15) is 5.10 Å². The molecule has 1 fully saturated rings. The van der Waals surface area contributed by atoms with Gasteiger partial charge >= 0.3 is 0 Å². The molecular formula is C19H23N3O. The van der Waals surface area contributed by atoms with Crippen LogP contribution < -0.4 is 0 Å². The monoisotopic (exact) mass is 309 g/mol. The number of hydrogen-bond acceptors (Lipinski definition) is 4. The Bertz CT molecular complexity index is 644. The molecule has 0 aromatic heterocycles. The molecule has 0 unspecified atom stereocenters. The molecule has 0 amide bonds. The van der Waals surface area contributed by atoms with Crippen LogP contribution in [0.4, 0.5) is 0 Å². The van der Waals surface area contributed by atoms with Gasteiger partial charge in [0.1, 0.15) is 5.75 Å². The van der Waals surface area contributed by atoms with Crippen molar-refractivity contribution in [3.63, 3.8) is 0 Å². The molecule has 23 heavy (non-hydrogen) atoms. The molecule has 0 atom stereocenters. The average Bonchev–Trinajstić information content (AvgIpc) is 2.58. The third kappa shape index (κ3) is 4.33. The molecule has 1 aliphatic rings. The smallest absolute Gasteiger partial charge is 0.115 e. The van der Waals surface area contributed by atoms with Gasteiger partial charge in [-0.3, -0.25) is 9.91 Å². The molecule has 0 bridgehead atoms. The van der Waals surface area contributed by atoms with E-state index < -0.39 is 0 Å². The summed E-state index contributed by atoms with van der Waals surface area (Å²) in [5.41, 5.74) is 3.40. The van der Waals surface area contributed by atoms with E-state index in [1.54, 1.807) is 12.1 Å². The van der Waals surface area contributed by atoms with Crippen LogP contribution >= 0.6 is 0 Å². The maximum absolute atomic E-state index is 9.35. The summed E-state index contributed by atoms with van der Waals surface area (Å²) >= 11 is 0. The predicted octanol–water partition coefficient (Wildman–Crippen LogP) is 2.93. The van der Waals surface area contributed by atoms with E-state index in [4.69, 9.17) is 5.10 Å². The summed E-state index contributed by atoms with van der Waals surface area (Å²) in [6.07, 6.45) is 0. The highest BCUT2D eigenvalue weighted by Gasteiger charge is 2.16. The number of benzene rings is 2. The fourth-order valence-corrected chi connectivity index (χ4v) is 2.81. The quantitative estimate of drug-likeness (QED) is 0.883. The number of piperazine rings is 1. The van der Waals surface area contributed by atoms with E-state index in [0.29, 0.717) is 0 Å². The van der Waals surface area contributed by atoms with Gasteiger partial charge in [-0.25, -0.2) is 0 Å². The molecule has 1 saturated heterocycles. The molecule has 0 aliphatic carbocycles. The lowest BCUT2D eigenvalue weighted by Gasteiger charge is -2.33. The maximum atomic E-state index is 9.35. The van der Waals surface area contributed by atoms with E-state index in [1.165, 1.54) is 5.56 Å². The normalized spacial score (nSPS) is 16.6. The van der Waals surface area contributed by atoms with Crippen molar-refractivity contribution in [2.24, 2.45) is 5.10 Å². The van der Waals surface area contributed by atoms with E-state index in [0.717, 1.165) is 44.0 Å². The summed E-state index contributed by atoms with van der Waals surface area (Å²) in [5.74, 6) is 0.288. The van der Waals surface area contributed by atoms with Crippen molar-refractivity contribution in [3.05, 3.63) is 65.7 Å². The summed E-state index contributed by atoms with van der Waals surface area (Å²) in [6.45, 7) is 6.98. The van der Waals surface area contributed by atoms with Crippen molar-refractivity contribution in [2.75, 3.05) is 26.2 Å². The van der Waals surface area contributed by atoms with Gasteiger partial charge in [-0.05, 0) is 42.3 Å². The lowest BCUT2D eigenvalue weighted by Crippen LogP contribution is -2.43. The Labute approximate surface area is 137 Å². The summed E-state index contributed by atoms with van der Waals surface area (Å²) < 4.78 is 0. The van der Waals surface area contributed by atoms with E-state index >= 15 is 0 Å². The minimum absolute atomic E-state index is 0.288. The standard InChI is InChI=1S/C19H23N3O/c1-16(18-7-9-19(23)10-8-18)20-22-13-11-21(12-14-22)15-17-5-3-2-4-6-17/h2-10,23H,11-15H2,1H3. The number of phenols is 1. The van der Waals surface area contributed by atoms with E-state index in [-0.39, 0.29) is 5.75 Å². The zero-order valence-electron chi connectivity index (χ0n) is 13.5. The highest BCUT2D eigenvalue weighted by atomic mass is 16.3. The van der Waals surface area contributed by atoms with Gasteiger partial charge in [0.25, 0.3) is 0 Å². The van der Waals surface area contributed by atoms with Crippen molar-refractivity contribution in [1.29, 1.82) is 0 Å². The van der Waals surface area contributed by atoms with Crippen LogP contribution in [-0.2, 0) is 6.54 Å². The molecule has 2 aromatic carbocycles. The second-order valence-corrected chi connectivity index (χ2v) is 5.95. The molecule has 4 nitrogen and oxygen atoms in total. The van der Waals surface area contributed by atoms with Crippen molar-refractivity contribution in [3.8, 4) is 5.75 Å². The largest absolute Gasteiger partial charge is 0.508 e. The van der Waals surface area contributed by atoms with Gasteiger partial charge in [-0.15, -0.1) is 0 Å². The van der Waals surface area contributed by atoms with Crippen LogP contribution in [0.5, 0.6) is 5.75 Å². The maximum Gasteiger partial charge on any atom is 0.115 e. The predicted molar refractivity (Wildman–Crippen MR) is 93.6 cm³/mol. The molecule has 0 spiro atoms.